The zero-order valence-electron chi connectivity index (χ0n) is 14.9. The number of rotatable bonds is 6. The Morgan fingerprint density at radius 1 is 1.33 bits per heavy atom. The zero-order chi connectivity index (χ0) is 17.9. The Hall–Kier alpha value is -2.01. The van der Waals surface area contributed by atoms with E-state index < -0.39 is 0 Å². The predicted octanol–water partition coefficient (Wildman–Crippen LogP) is 4.74. The van der Waals surface area contributed by atoms with Gasteiger partial charge in [0.05, 0.1) is 28.1 Å². The highest BCUT2D eigenvalue weighted by Crippen LogP contribution is 2.39. The van der Waals surface area contributed by atoms with Crippen LogP contribution in [0.5, 0.6) is 0 Å². The lowest BCUT2D eigenvalue weighted by molar-refractivity contribution is -0.105. The van der Waals surface area contributed by atoms with Gasteiger partial charge in [0.25, 0.3) is 0 Å². The number of aromatic nitrogens is 2. The van der Waals surface area contributed by atoms with Crippen LogP contribution < -0.4 is 10.6 Å². The molecule has 1 aromatic carbocycles. The molecular formula is C18H25ClN4O. The van der Waals surface area contributed by atoms with Crippen LogP contribution in [-0.4, -0.2) is 22.2 Å². The molecule has 0 saturated carbocycles. The Morgan fingerprint density at radius 3 is 2.58 bits per heavy atom. The first-order chi connectivity index (χ1) is 11.3. The third-order valence-corrected chi connectivity index (χ3v) is 4.26. The van der Waals surface area contributed by atoms with Gasteiger partial charge in [0.2, 0.25) is 6.41 Å². The van der Waals surface area contributed by atoms with Crippen molar-refractivity contribution in [3.05, 3.63) is 29.5 Å². The molecule has 0 aliphatic rings. The molecule has 24 heavy (non-hydrogen) atoms. The normalized spacial score (nSPS) is 12.8. The first-order valence-electron chi connectivity index (χ1n) is 8.12. The van der Waals surface area contributed by atoms with E-state index in [4.69, 9.17) is 11.6 Å². The van der Waals surface area contributed by atoms with E-state index in [1.165, 1.54) is 0 Å². The van der Waals surface area contributed by atoms with Gasteiger partial charge in [-0.05, 0) is 40.2 Å². The van der Waals surface area contributed by atoms with Gasteiger partial charge in [-0.1, -0.05) is 24.6 Å². The monoisotopic (exact) mass is 348 g/mol. The Bertz CT molecular complexity index is 718. The van der Waals surface area contributed by atoms with Crippen molar-refractivity contribution < 1.29 is 4.79 Å². The Balaban J connectivity index is 2.58. The molecule has 2 aromatic rings. The molecule has 5 nitrogen and oxygen atoms in total. The lowest BCUT2D eigenvalue weighted by atomic mass is 10.0. The fourth-order valence-corrected chi connectivity index (χ4v) is 2.56. The van der Waals surface area contributed by atoms with Crippen LogP contribution in [0.15, 0.2) is 24.5 Å². The highest BCUT2D eigenvalue weighted by molar-refractivity contribution is 6.34. The van der Waals surface area contributed by atoms with Crippen molar-refractivity contribution in [2.24, 2.45) is 0 Å². The summed E-state index contributed by atoms with van der Waals surface area (Å²) >= 11 is 6.29. The molecule has 0 aliphatic carbocycles. The van der Waals surface area contributed by atoms with Crippen molar-refractivity contribution in [2.75, 3.05) is 10.6 Å². The fraction of sp³-hybridized carbons (Fsp3) is 0.444. The minimum Gasteiger partial charge on any atom is -0.380 e. The van der Waals surface area contributed by atoms with Crippen molar-refractivity contribution in [1.29, 1.82) is 0 Å². The van der Waals surface area contributed by atoms with Crippen LogP contribution >= 0.6 is 11.6 Å². The summed E-state index contributed by atoms with van der Waals surface area (Å²) in [6.07, 6.45) is 5.44. The molecule has 2 rings (SSSR count). The number of nitrogens with one attached hydrogen (secondary N) is 2. The van der Waals surface area contributed by atoms with Crippen LogP contribution in [0.3, 0.4) is 0 Å². The molecule has 1 heterocycles. The average Bonchev–Trinajstić information content (AvgIpc) is 3.00. The molecule has 0 aliphatic heterocycles. The van der Waals surface area contributed by atoms with Gasteiger partial charge in [-0.15, -0.1) is 0 Å². The van der Waals surface area contributed by atoms with Crippen molar-refractivity contribution in [3.8, 4) is 11.1 Å². The number of nitrogens with zero attached hydrogens (tertiary/aromatic N) is 2. The van der Waals surface area contributed by atoms with E-state index in [0.29, 0.717) is 17.1 Å². The quantitative estimate of drug-likeness (QED) is 0.741. The van der Waals surface area contributed by atoms with E-state index in [1.54, 1.807) is 6.07 Å². The maximum atomic E-state index is 11.0. The Kier molecular flexibility index (Phi) is 5.54. The topological polar surface area (TPSA) is 59.0 Å². The van der Waals surface area contributed by atoms with Crippen molar-refractivity contribution in [2.45, 2.75) is 52.6 Å². The number of carbonyl (C=O) groups is 1. The van der Waals surface area contributed by atoms with E-state index in [0.717, 1.165) is 23.2 Å². The minimum atomic E-state index is -0.0984. The molecule has 1 aromatic heterocycles. The van der Waals surface area contributed by atoms with Crippen LogP contribution in [0.25, 0.3) is 11.1 Å². The fourth-order valence-electron chi connectivity index (χ4n) is 2.34. The molecule has 0 fully saturated rings. The summed E-state index contributed by atoms with van der Waals surface area (Å²) in [6, 6.07) is 3.98. The molecule has 1 amide bonds. The lowest BCUT2D eigenvalue weighted by Crippen LogP contribution is -2.21. The lowest BCUT2D eigenvalue weighted by Gasteiger charge is -2.21. The standard InChI is InChI=1S/C18H25ClN4O/c1-6-12(2)22-16-14(7-8-15(19)17(16)20-11-24)13-9-21-23(10-13)18(3,4)5/h7-12,22H,6H2,1-5H3,(H,20,24)/t12-/m1/s1. The average molecular weight is 349 g/mol. The third kappa shape index (κ3) is 3.90. The largest absolute Gasteiger partial charge is 0.380 e. The summed E-state index contributed by atoms with van der Waals surface area (Å²) in [5.74, 6) is 0. The first-order valence-corrected chi connectivity index (χ1v) is 8.50. The van der Waals surface area contributed by atoms with Crippen molar-refractivity contribution in [3.63, 3.8) is 0 Å². The molecule has 0 bridgehead atoms. The van der Waals surface area contributed by atoms with Gasteiger partial charge in [0.1, 0.15) is 0 Å². The maximum absolute atomic E-state index is 11.0. The van der Waals surface area contributed by atoms with Gasteiger partial charge in [-0.2, -0.15) is 5.10 Å². The molecule has 0 saturated heterocycles. The van der Waals surface area contributed by atoms with Gasteiger partial charge in [0, 0.05) is 23.4 Å². The van der Waals surface area contributed by atoms with Crippen LogP contribution in [0.4, 0.5) is 11.4 Å². The molecule has 6 heteroatoms. The molecule has 0 unspecified atom stereocenters. The number of hydrogen-bond acceptors (Lipinski definition) is 3. The van der Waals surface area contributed by atoms with E-state index >= 15 is 0 Å². The second-order valence-electron chi connectivity index (χ2n) is 6.91. The molecule has 1 atom stereocenters. The highest BCUT2D eigenvalue weighted by Gasteiger charge is 2.19. The summed E-state index contributed by atoms with van der Waals surface area (Å²) in [6.45, 7) is 10.5. The van der Waals surface area contributed by atoms with Crippen LogP contribution in [0.2, 0.25) is 5.02 Å². The predicted molar refractivity (Wildman–Crippen MR) is 101 cm³/mol. The molecule has 0 radical (unpaired) electrons. The number of anilines is 2. The Morgan fingerprint density at radius 2 is 2.04 bits per heavy atom. The van der Waals surface area contributed by atoms with E-state index in [-0.39, 0.29) is 11.6 Å². The second kappa shape index (κ2) is 7.26. The zero-order valence-corrected chi connectivity index (χ0v) is 15.6. The SMILES string of the molecule is CC[C@@H](C)Nc1c(-c2cnn(C(C)(C)C)c2)ccc(Cl)c1NC=O. The number of halogens is 1. The van der Waals surface area contributed by atoms with Gasteiger partial charge < -0.3 is 10.6 Å². The van der Waals surface area contributed by atoms with E-state index in [1.807, 2.05) is 23.1 Å². The van der Waals surface area contributed by atoms with E-state index in [9.17, 15) is 4.79 Å². The second-order valence-corrected chi connectivity index (χ2v) is 7.31. The molecule has 2 N–H and O–H groups in total. The molecule has 130 valence electrons. The van der Waals surface area contributed by atoms with Crippen molar-refractivity contribution >= 4 is 29.4 Å². The van der Waals surface area contributed by atoms with E-state index in [2.05, 4.69) is 50.4 Å². The van der Waals surface area contributed by atoms with Gasteiger partial charge >= 0.3 is 0 Å². The summed E-state index contributed by atoms with van der Waals surface area (Å²) in [5.41, 5.74) is 3.24. The summed E-state index contributed by atoms with van der Waals surface area (Å²) in [7, 11) is 0. The van der Waals surface area contributed by atoms with Crippen LogP contribution in [0, 0.1) is 0 Å². The van der Waals surface area contributed by atoms with Gasteiger partial charge in [-0.25, -0.2) is 0 Å². The molecular weight excluding hydrogens is 324 g/mol. The first kappa shape index (κ1) is 18.3. The number of amides is 1. The number of hydrogen-bond donors (Lipinski definition) is 2. The highest BCUT2D eigenvalue weighted by atomic mass is 35.5. The smallest absolute Gasteiger partial charge is 0.211 e. The van der Waals surface area contributed by atoms with Gasteiger partial charge in [0.15, 0.2) is 0 Å². The number of benzene rings is 1. The Labute approximate surface area is 148 Å². The minimum absolute atomic E-state index is 0.0984. The van der Waals surface area contributed by atoms with Crippen molar-refractivity contribution in [1.82, 2.24) is 9.78 Å². The number of carbonyl (C=O) groups excluding carboxylic acids is 1. The molecule has 0 spiro atoms. The van der Waals surface area contributed by atoms with Crippen LogP contribution in [0.1, 0.15) is 41.0 Å². The third-order valence-electron chi connectivity index (χ3n) is 3.94. The summed E-state index contributed by atoms with van der Waals surface area (Å²) in [4.78, 5) is 11.0. The van der Waals surface area contributed by atoms with Gasteiger partial charge in [-0.3, -0.25) is 9.48 Å². The summed E-state index contributed by atoms with van der Waals surface area (Å²) < 4.78 is 1.93. The summed E-state index contributed by atoms with van der Waals surface area (Å²) in [5, 5.41) is 11.1. The maximum Gasteiger partial charge on any atom is 0.211 e. The van der Waals surface area contributed by atoms with Crippen LogP contribution in [-0.2, 0) is 10.3 Å².